The Morgan fingerprint density at radius 3 is 2.16 bits per heavy atom. The summed E-state index contributed by atoms with van der Waals surface area (Å²) in [6.45, 7) is 7.58. The lowest BCUT2D eigenvalue weighted by molar-refractivity contribution is -0.205. The van der Waals surface area contributed by atoms with E-state index in [-0.39, 0.29) is 18.8 Å². The molecule has 31 heavy (non-hydrogen) atoms. The lowest BCUT2D eigenvalue weighted by Gasteiger charge is -2.39. The summed E-state index contributed by atoms with van der Waals surface area (Å²) in [7, 11) is 0. The van der Waals surface area contributed by atoms with Crippen LogP contribution in [0.25, 0.3) is 0 Å². The van der Waals surface area contributed by atoms with E-state index in [2.05, 4.69) is 4.90 Å². The maximum Gasteiger partial charge on any atom is 0.341 e. The molecule has 3 rings (SSSR count). The fraction of sp³-hybridized carbons (Fsp3) is 0.700. The first-order chi connectivity index (χ1) is 14.1. The van der Waals surface area contributed by atoms with Gasteiger partial charge in [0.2, 0.25) is 0 Å². The van der Waals surface area contributed by atoms with Crippen LogP contribution < -0.4 is 0 Å². The molecule has 0 saturated carbocycles. The third-order valence-corrected chi connectivity index (χ3v) is 5.63. The maximum absolute atomic E-state index is 12.4. The second kappa shape index (κ2) is 10.2. The van der Waals surface area contributed by atoms with E-state index in [1.54, 1.807) is 0 Å². The number of hydrogen-bond acceptors (Lipinski definition) is 9. The summed E-state index contributed by atoms with van der Waals surface area (Å²) in [5.41, 5.74) is -3.35. The SMILES string of the molecule is CC(=O)O.CC(=O)O.C[C@H]1C(=O)O[C@@H]2CCN3CC=C(COC(=O)[C@](C)(O)[C@]1(C)O)[C@H]23. The molecule has 2 fully saturated rings. The highest BCUT2D eigenvalue weighted by Gasteiger charge is 2.56. The average molecular weight is 445 g/mol. The van der Waals surface area contributed by atoms with Gasteiger partial charge < -0.3 is 29.9 Å². The molecule has 3 aliphatic heterocycles. The summed E-state index contributed by atoms with van der Waals surface area (Å²) in [6.07, 6.45) is 2.34. The highest BCUT2D eigenvalue weighted by atomic mass is 16.6. The predicted octanol–water partition coefficient (Wildman–Crippen LogP) is -0.211. The largest absolute Gasteiger partial charge is 0.481 e. The van der Waals surface area contributed by atoms with Crippen molar-refractivity contribution in [3.8, 4) is 0 Å². The van der Waals surface area contributed by atoms with Crippen molar-refractivity contribution in [1.82, 2.24) is 4.90 Å². The van der Waals surface area contributed by atoms with Gasteiger partial charge in [0.15, 0.2) is 5.60 Å². The molecule has 2 saturated heterocycles. The molecule has 0 aliphatic carbocycles. The van der Waals surface area contributed by atoms with Crippen molar-refractivity contribution >= 4 is 23.9 Å². The Morgan fingerprint density at radius 1 is 1.13 bits per heavy atom. The Hall–Kier alpha value is -2.50. The normalized spacial score (nSPS) is 34.9. The Morgan fingerprint density at radius 2 is 1.65 bits per heavy atom. The molecule has 0 unspecified atom stereocenters. The average Bonchev–Trinajstić information content (AvgIpc) is 3.20. The van der Waals surface area contributed by atoms with E-state index >= 15 is 0 Å². The summed E-state index contributed by atoms with van der Waals surface area (Å²) < 4.78 is 10.8. The summed E-state index contributed by atoms with van der Waals surface area (Å²) in [5, 5.41) is 35.9. The Kier molecular flexibility index (Phi) is 8.74. The lowest BCUT2D eigenvalue weighted by Crippen LogP contribution is -2.61. The minimum Gasteiger partial charge on any atom is -0.481 e. The van der Waals surface area contributed by atoms with Crippen LogP contribution in [0.1, 0.15) is 41.0 Å². The minimum atomic E-state index is -2.22. The van der Waals surface area contributed by atoms with Crippen molar-refractivity contribution in [2.24, 2.45) is 5.92 Å². The van der Waals surface area contributed by atoms with E-state index in [0.29, 0.717) is 6.42 Å². The highest BCUT2D eigenvalue weighted by Crippen LogP contribution is 2.36. The van der Waals surface area contributed by atoms with Gasteiger partial charge in [-0.25, -0.2) is 4.79 Å². The van der Waals surface area contributed by atoms with Gasteiger partial charge in [0.1, 0.15) is 18.3 Å². The van der Waals surface area contributed by atoms with Crippen LogP contribution in [0.2, 0.25) is 0 Å². The summed E-state index contributed by atoms with van der Waals surface area (Å²) in [6, 6.07) is -0.0908. The highest BCUT2D eigenvalue weighted by molar-refractivity contribution is 5.83. The zero-order valence-corrected chi connectivity index (χ0v) is 18.3. The van der Waals surface area contributed by atoms with Crippen molar-refractivity contribution < 1.29 is 49.1 Å². The summed E-state index contributed by atoms with van der Waals surface area (Å²) in [5.74, 6) is -4.31. The molecule has 0 bridgehead atoms. The number of carbonyl (C=O) groups is 4. The molecule has 0 aromatic heterocycles. The van der Waals surface area contributed by atoms with E-state index in [4.69, 9.17) is 29.3 Å². The molecule has 0 aromatic carbocycles. The third-order valence-electron chi connectivity index (χ3n) is 5.63. The van der Waals surface area contributed by atoms with Crippen LogP contribution in [0.15, 0.2) is 11.6 Å². The second-order valence-electron chi connectivity index (χ2n) is 8.04. The smallest absolute Gasteiger partial charge is 0.341 e. The number of rotatable bonds is 0. The monoisotopic (exact) mass is 445 g/mol. The van der Waals surface area contributed by atoms with Gasteiger partial charge in [-0.3, -0.25) is 19.3 Å². The first-order valence-electron chi connectivity index (χ1n) is 9.77. The number of carboxylic acids is 2. The Balaban J connectivity index is 0.000000519. The van der Waals surface area contributed by atoms with Crippen LogP contribution in [0.5, 0.6) is 0 Å². The molecule has 0 amide bonds. The van der Waals surface area contributed by atoms with Gasteiger partial charge >= 0.3 is 11.9 Å². The number of nitrogens with zero attached hydrogens (tertiary/aromatic N) is 1. The molecule has 11 nitrogen and oxygen atoms in total. The van der Waals surface area contributed by atoms with Gasteiger partial charge in [0, 0.05) is 26.9 Å². The van der Waals surface area contributed by atoms with Crippen molar-refractivity contribution in [3.05, 3.63) is 11.6 Å². The number of aliphatic hydroxyl groups is 2. The predicted molar refractivity (Wildman–Crippen MR) is 106 cm³/mol. The van der Waals surface area contributed by atoms with Gasteiger partial charge in [-0.05, 0) is 32.8 Å². The molecule has 4 N–H and O–H groups in total. The van der Waals surface area contributed by atoms with E-state index in [1.165, 1.54) is 13.8 Å². The topological polar surface area (TPSA) is 171 Å². The van der Waals surface area contributed by atoms with E-state index < -0.39 is 41.0 Å². The molecule has 3 aliphatic rings. The van der Waals surface area contributed by atoms with Crippen LogP contribution in [0.3, 0.4) is 0 Å². The van der Waals surface area contributed by atoms with Gasteiger partial charge in [-0.1, -0.05) is 6.08 Å². The minimum absolute atomic E-state index is 0.0225. The number of cyclic esters (lactones) is 1. The van der Waals surface area contributed by atoms with Gasteiger partial charge in [0.25, 0.3) is 11.9 Å². The van der Waals surface area contributed by atoms with Gasteiger partial charge in [0.05, 0.1) is 12.0 Å². The zero-order valence-electron chi connectivity index (χ0n) is 18.3. The standard InChI is InChI=1S/C16H23NO6.2C2H4O2/c1-9-13(18)23-11-5-7-17-6-4-10(12(11)17)8-22-14(19)16(3,21)15(9,2)20;2*1-2(3)4/h4,9,11-12,20-21H,5-8H2,1-3H3;2*1H3,(H,3,4)/t9-,11+,12+,15+,16-;;/m0../s1. The third kappa shape index (κ3) is 6.25. The molecule has 5 atom stereocenters. The molecule has 0 radical (unpaired) electrons. The number of esters is 2. The van der Waals surface area contributed by atoms with Crippen molar-refractivity contribution in [3.63, 3.8) is 0 Å². The number of aliphatic carboxylic acids is 2. The molecule has 0 spiro atoms. The number of ether oxygens (including phenoxy) is 2. The summed E-state index contributed by atoms with van der Waals surface area (Å²) in [4.78, 5) is 44.9. The second-order valence-corrected chi connectivity index (χ2v) is 8.04. The molecular formula is C20H31NO10. The van der Waals surface area contributed by atoms with Gasteiger partial charge in [-0.2, -0.15) is 0 Å². The molecule has 0 aromatic rings. The molecular weight excluding hydrogens is 414 g/mol. The van der Waals surface area contributed by atoms with Crippen LogP contribution in [0, 0.1) is 5.92 Å². The quantitative estimate of drug-likeness (QED) is 0.287. The van der Waals surface area contributed by atoms with E-state index in [1.807, 2.05) is 6.08 Å². The van der Waals surface area contributed by atoms with Crippen LogP contribution in [0.4, 0.5) is 0 Å². The van der Waals surface area contributed by atoms with Gasteiger partial charge in [-0.15, -0.1) is 0 Å². The number of carbonyl (C=O) groups excluding carboxylic acids is 2. The fourth-order valence-electron chi connectivity index (χ4n) is 3.52. The zero-order chi connectivity index (χ0) is 24.1. The van der Waals surface area contributed by atoms with Crippen LogP contribution >= 0.6 is 0 Å². The van der Waals surface area contributed by atoms with Crippen molar-refractivity contribution in [2.75, 3.05) is 19.7 Å². The summed E-state index contributed by atoms with van der Waals surface area (Å²) >= 11 is 0. The number of hydrogen-bond donors (Lipinski definition) is 4. The number of carboxylic acid groups (broad SMARTS) is 2. The molecule has 176 valence electrons. The van der Waals surface area contributed by atoms with E-state index in [0.717, 1.165) is 39.4 Å². The van der Waals surface area contributed by atoms with Crippen LogP contribution in [-0.2, 0) is 28.7 Å². The van der Waals surface area contributed by atoms with Crippen molar-refractivity contribution in [1.29, 1.82) is 0 Å². The Bertz CT molecular complexity index is 722. The first kappa shape index (κ1) is 26.5. The first-order valence-corrected chi connectivity index (χ1v) is 9.77. The maximum atomic E-state index is 12.4. The van der Waals surface area contributed by atoms with E-state index in [9.17, 15) is 19.8 Å². The molecule has 3 heterocycles. The lowest BCUT2D eigenvalue weighted by atomic mass is 9.76. The molecule has 11 heteroatoms. The fourth-order valence-corrected chi connectivity index (χ4v) is 3.52. The van der Waals surface area contributed by atoms with Crippen LogP contribution in [-0.4, -0.2) is 92.2 Å². The Labute approximate surface area is 180 Å². The van der Waals surface area contributed by atoms with Crippen molar-refractivity contribution in [2.45, 2.75) is 64.4 Å².